The minimum Gasteiger partial charge on any atom is -0.0991 e. The van der Waals surface area contributed by atoms with Crippen LogP contribution in [0.2, 0.25) is 0 Å². The molecule has 126 valence electrons. The normalized spacial score (nSPS) is 8.54. The van der Waals surface area contributed by atoms with Gasteiger partial charge in [0.2, 0.25) is 0 Å². The van der Waals surface area contributed by atoms with Gasteiger partial charge in [-0.05, 0) is 29.5 Å². The second-order valence-corrected chi connectivity index (χ2v) is 5.16. The van der Waals surface area contributed by atoms with E-state index < -0.39 is 0 Å². The Kier molecular flexibility index (Phi) is 13.6. The van der Waals surface area contributed by atoms with E-state index in [4.69, 9.17) is 0 Å². The van der Waals surface area contributed by atoms with E-state index in [2.05, 4.69) is 57.5 Å². The molecule has 0 spiro atoms. The first-order valence-corrected chi connectivity index (χ1v) is 8.33. The van der Waals surface area contributed by atoms with Crippen LogP contribution in [0.15, 0.2) is 99.1 Å². The lowest BCUT2D eigenvalue weighted by Gasteiger charge is -2.03. The van der Waals surface area contributed by atoms with Crippen LogP contribution in [0.5, 0.6) is 0 Å². The van der Waals surface area contributed by atoms with Crippen LogP contribution in [0.3, 0.4) is 0 Å². The lowest BCUT2D eigenvalue weighted by atomic mass is 10.0. The van der Waals surface area contributed by atoms with Gasteiger partial charge >= 0.3 is 0 Å². The van der Waals surface area contributed by atoms with Crippen LogP contribution in [0.1, 0.15) is 37.3 Å². The highest BCUT2D eigenvalue weighted by molar-refractivity contribution is 5.62. The summed E-state index contributed by atoms with van der Waals surface area (Å²) < 4.78 is 0. The molecular weight excluding hydrogens is 288 g/mol. The summed E-state index contributed by atoms with van der Waals surface area (Å²) in [6.45, 7) is 16.6. The fraction of sp³-hybridized carbons (Fsp3) is 0.167. The zero-order valence-electron chi connectivity index (χ0n) is 15.0. The van der Waals surface area contributed by atoms with Crippen molar-refractivity contribution < 1.29 is 0 Å². The smallest absolute Gasteiger partial charge is 0.0230 e. The fourth-order valence-corrected chi connectivity index (χ4v) is 1.80. The van der Waals surface area contributed by atoms with Crippen molar-refractivity contribution >= 4 is 11.6 Å². The Morgan fingerprint density at radius 1 is 0.833 bits per heavy atom. The Balaban J connectivity index is 0.000000379. The molecule has 0 heterocycles. The fourth-order valence-electron chi connectivity index (χ4n) is 1.80. The van der Waals surface area contributed by atoms with Gasteiger partial charge < -0.3 is 0 Å². The van der Waals surface area contributed by atoms with Crippen LogP contribution in [-0.2, 0) is 0 Å². The summed E-state index contributed by atoms with van der Waals surface area (Å²) in [5.41, 5.74) is 3.72. The average Bonchev–Trinajstić information content (AvgIpc) is 2.68. The molecule has 24 heavy (non-hydrogen) atoms. The molecule has 0 aromatic heterocycles. The minimum absolute atomic E-state index is 1.13. The number of unbranched alkanes of at least 4 members (excludes halogenated alkanes) is 1. The Morgan fingerprint density at radius 3 is 1.71 bits per heavy atom. The summed E-state index contributed by atoms with van der Waals surface area (Å²) in [5, 5.41) is 0. The van der Waals surface area contributed by atoms with E-state index in [0.29, 0.717) is 0 Å². The lowest BCUT2D eigenvalue weighted by Crippen LogP contribution is -1.81. The SMILES string of the molecule is C=C(CCCC)c1ccccc1.C=CC=C.C=Cc1ccccc1. The molecule has 0 aliphatic rings. The topological polar surface area (TPSA) is 0 Å². The molecule has 0 saturated heterocycles. The molecule has 0 bridgehead atoms. The van der Waals surface area contributed by atoms with Crippen LogP contribution in [0.4, 0.5) is 0 Å². The van der Waals surface area contributed by atoms with E-state index in [0.717, 1.165) is 6.42 Å². The summed E-state index contributed by atoms with van der Waals surface area (Å²) in [6.07, 6.45) is 8.72. The van der Waals surface area contributed by atoms with E-state index in [-0.39, 0.29) is 0 Å². The molecule has 0 radical (unpaired) electrons. The third-order valence-corrected chi connectivity index (χ3v) is 3.22. The first-order valence-electron chi connectivity index (χ1n) is 8.33. The zero-order valence-corrected chi connectivity index (χ0v) is 15.0. The summed E-state index contributed by atoms with van der Waals surface area (Å²) in [7, 11) is 0. The Hall–Kier alpha value is -2.60. The summed E-state index contributed by atoms with van der Waals surface area (Å²) in [5.74, 6) is 0. The second-order valence-electron chi connectivity index (χ2n) is 5.16. The highest BCUT2D eigenvalue weighted by Crippen LogP contribution is 2.17. The van der Waals surface area contributed by atoms with Gasteiger partial charge in [-0.2, -0.15) is 0 Å². The van der Waals surface area contributed by atoms with Crippen molar-refractivity contribution in [3.8, 4) is 0 Å². The van der Waals surface area contributed by atoms with E-state index in [1.165, 1.54) is 29.5 Å². The number of allylic oxidation sites excluding steroid dienone is 3. The molecule has 0 nitrogen and oxygen atoms in total. The number of rotatable bonds is 6. The number of benzene rings is 2. The Morgan fingerprint density at radius 2 is 1.33 bits per heavy atom. The molecular formula is C24H30. The van der Waals surface area contributed by atoms with E-state index in [1.807, 2.05) is 42.5 Å². The highest BCUT2D eigenvalue weighted by Gasteiger charge is 1.95. The third-order valence-electron chi connectivity index (χ3n) is 3.22. The van der Waals surface area contributed by atoms with Gasteiger partial charge in [0.25, 0.3) is 0 Å². The summed E-state index contributed by atoms with van der Waals surface area (Å²) in [6, 6.07) is 20.4. The monoisotopic (exact) mass is 318 g/mol. The Bertz CT molecular complexity index is 570. The molecule has 0 fully saturated rings. The first kappa shape index (κ1) is 21.4. The molecule has 0 aliphatic heterocycles. The first-order chi connectivity index (χ1) is 11.7. The van der Waals surface area contributed by atoms with E-state index in [9.17, 15) is 0 Å². The molecule has 0 saturated carbocycles. The lowest BCUT2D eigenvalue weighted by molar-refractivity contribution is 0.825. The van der Waals surface area contributed by atoms with Gasteiger partial charge in [-0.3, -0.25) is 0 Å². The maximum absolute atomic E-state index is 4.06. The van der Waals surface area contributed by atoms with Gasteiger partial charge in [0.15, 0.2) is 0 Å². The van der Waals surface area contributed by atoms with Crippen molar-refractivity contribution in [1.29, 1.82) is 0 Å². The highest BCUT2D eigenvalue weighted by atomic mass is 14.0. The summed E-state index contributed by atoms with van der Waals surface area (Å²) in [4.78, 5) is 0. The van der Waals surface area contributed by atoms with E-state index >= 15 is 0 Å². The largest absolute Gasteiger partial charge is 0.0991 e. The van der Waals surface area contributed by atoms with Crippen molar-refractivity contribution in [2.75, 3.05) is 0 Å². The van der Waals surface area contributed by atoms with Crippen LogP contribution in [0.25, 0.3) is 11.6 Å². The maximum Gasteiger partial charge on any atom is -0.0230 e. The van der Waals surface area contributed by atoms with Crippen molar-refractivity contribution in [2.45, 2.75) is 26.2 Å². The molecule has 2 aromatic rings. The molecule has 0 amide bonds. The predicted molar refractivity (Wildman–Crippen MR) is 112 cm³/mol. The third kappa shape index (κ3) is 11.0. The molecule has 0 unspecified atom stereocenters. The Labute approximate surface area is 148 Å². The molecule has 0 heteroatoms. The minimum atomic E-state index is 1.13. The van der Waals surface area contributed by atoms with Gasteiger partial charge in [0.1, 0.15) is 0 Å². The van der Waals surface area contributed by atoms with Gasteiger partial charge in [0.05, 0.1) is 0 Å². The van der Waals surface area contributed by atoms with Crippen LogP contribution < -0.4 is 0 Å². The van der Waals surface area contributed by atoms with Crippen LogP contribution in [-0.4, -0.2) is 0 Å². The number of hydrogen-bond donors (Lipinski definition) is 0. The van der Waals surface area contributed by atoms with Crippen molar-refractivity contribution in [1.82, 2.24) is 0 Å². The number of hydrogen-bond acceptors (Lipinski definition) is 0. The van der Waals surface area contributed by atoms with Crippen molar-refractivity contribution in [3.63, 3.8) is 0 Å². The van der Waals surface area contributed by atoms with Gasteiger partial charge in [0, 0.05) is 0 Å². The zero-order chi connectivity index (χ0) is 18.0. The molecule has 0 aliphatic carbocycles. The van der Waals surface area contributed by atoms with Crippen molar-refractivity contribution in [3.05, 3.63) is 110 Å². The molecule has 0 N–H and O–H groups in total. The van der Waals surface area contributed by atoms with Gasteiger partial charge in [-0.15, -0.1) is 0 Å². The molecule has 0 atom stereocenters. The maximum atomic E-state index is 4.06. The molecule has 2 aromatic carbocycles. The standard InChI is InChI=1S/C12H16.C8H8.C4H6/c1-3-4-8-11(2)12-9-6-5-7-10-12;1-2-8-6-4-3-5-7-8;1-3-4-2/h5-7,9-10H,2-4,8H2,1H3;2-7H,1H2;3-4H,1-2H2. The van der Waals surface area contributed by atoms with Gasteiger partial charge in [-0.1, -0.05) is 119 Å². The van der Waals surface area contributed by atoms with Crippen molar-refractivity contribution in [2.24, 2.45) is 0 Å². The molecule has 2 rings (SSSR count). The van der Waals surface area contributed by atoms with Crippen LogP contribution >= 0.6 is 0 Å². The predicted octanol–water partition coefficient (Wildman–Crippen LogP) is 7.58. The van der Waals surface area contributed by atoms with E-state index in [1.54, 1.807) is 12.2 Å². The summed E-state index contributed by atoms with van der Waals surface area (Å²) >= 11 is 0. The quantitative estimate of drug-likeness (QED) is 0.481. The van der Waals surface area contributed by atoms with Crippen LogP contribution in [0, 0.1) is 0 Å². The van der Waals surface area contributed by atoms with Gasteiger partial charge in [-0.25, -0.2) is 0 Å². The second kappa shape index (κ2) is 15.3. The average molecular weight is 319 g/mol.